The summed E-state index contributed by atoms with van der Waals surface area (Å²) in [4.78, 5) is 18.7. The number of rotatable bonds is 2. The van der Waals surface area contributed by atoms with Gasteiger partial charge in [-0.3, -0.25) is 9.78 Å². The van der Waals surface area contributed by atoms with Crippen molar-refractivity contribution in [1.82, 2.24) is 9.88 Å². The number of piperidine rings is 1. The molecule has 0 aliphatic carbocycles. The first-order valence-corrected chi connectivity index (χ1v) is 6.90. The van der Waals surface area contributed by atoms with Crippen LogP contribution in [0.25, 0.3) is 0 Å². The lowest BCUT2D eigenvalue weighted by Gasteiger charge is -2.34. The highest BCUT2D eigenvalue weighted by Crippen LogP contribution is 2.22. The van der Waals surface area contributed by atoms with Gasteiger partial charge in [0.05, 0.1) is 17.4 Å². The van der Waals surface area contributed by atoms with Crippen molar-refractivity contribution in [2.45, 2.75) is 39.7 Å². The summed E-state index contributed by atoms with van der Waals surface area (Å²) in [7, 11) is 0. The first-order chi connectivity index (χ1) is 8.99. The standard InChI is InChI=1S/C15H22N2O2/c1-10-6-7-14(11(2)16-10)15(19)17-8-4-5-13(9-17)12(3)18/h6-7,12-13,18H,4-5,8-9H2,1-3H3. The monoisotopic (exact) mass is 262 g/mol. The highest BCUT2D eigenvalue weighted by molar-refractivity contribution is 5.95. The van der Waals surface area contributed by atoms with E-state index in [1.165, 1.54) is 0 Å². The minimum Gasteiger partial charge on any atom is -0.393 e. The molecule has 1 aromatic heterocycles. The van der Waals surface area contributed by atoms with Crippen molar-refractivity contribution in [2.24, 2.45) is 5.92 Å². The maximum Gasteiger partial charge on any atom is 0.255 e. The minimum absolute atomic E-state index is 0.0374. The zero-order valence-electron chi connectivity index (χ0n) is 11.9. The molecule has 2 atom stereocenters. The molecule has 2 unspecified atom stereocenters. The largest absolute Gasteiger partial charge is 0.393 e. The Morgan fingerprint density at radius 1 is 1.47 bits per heavy atom. The van der Waals surface area contributed by atoms with E-state index in [0.717, 1.165) is 30.8 Å². The maximum atomic E-state index is 12.5. The summed E-state index contributed by atoms with van der Waals surface area (Å²) in [6.07, 6.45) is 1.60. The van der Waals surface area contributed by atoms with E-state index < -0.39 is 0 Å². The molecular formula is C15H22N2O2. The first kappa shape index (κ1) is 14.0. The lowest BCUT2D eigenvalue weighted by atomic mass is 9.93. The Balaban J connectivity index is 2.15. The molecule has 0 bridgehead atoms. The summed E-state index contributed by atoms with van der Waals surface area (Å²) < 4.78 is 0. The van der Waals surface area contributed by atoms with Gasteiger partial charge in [-0.1, -0.05) is 0 Å². The van der Waals surface area contributed by atoms with Crippen molar-refractivity contribution in [3.05, 3.63) is 29.1 Å². The summed E-state index contributed by atoms with van der Waals surface area (Å²) in [6, 6.07) is 3.72. The molecule has 19 heavy (non-hydrogen) atoms. The van der Waals surface area contributed by atoms with E-state index in [1.54, 1.807) is 6.92 Å². The van der Waals surface area contributed by atoms with Crippen molar-refractivity contribution in [3.63, 3.8) is 0 Å². The zero-order chi connectivity index (χ0) is 14.0. The minimum atomic E-state index is -0.354. The van der Waals surface area contributed by atoms with Gasteiger partial charge in [-0.05, 0) is 45.7 Å². The number of nitrogens with zero attached hydrogens (tertiary/aromatic N) is 2. The Bertz CT molecular complexity index is 471. The molecule has 0 radical (unpaired) electrons. The SMILES string of the molecule is Cc1ccc(C(=O)N2CCCC(C(C)O)C2)c(C)n1. The van der Waals surface area contributed by atoms with E-state index in [0.29, 0.717) is 12.1 Å². The fourth-order valence-corrected chi connectivity index (χ4v) is 2.67. The van der Waals surface area contributed by atoms with Gasteiger partial charge in [0.15, 0.2) is 0 Å². The molecule has 1 aromatic rings. The Hall–Kier alpha value is -1.42. The molecule has 2 rings (SSSR count). The van der Waals surface area contributed by atoms with Gasteiger partial charge in [0, 0.05) is 24.7 Å². The molecule has 104 valence electrons. The van der Waals surface area contributed by atoms with E-state index in [1.807, 2.05) is 30.9 Å². The Morgan fingerprint density at radius 2 is 2.21 bits per heavy atom. The maximum absolute atomic E-state index is 12.5. The van der Waals surface area contributed by atoms with E-state index in [4.69, 9.17) is 0 Å². The number of pyridine rings is 1. The average molecular weight is 262 g/mol. The first-order valence-electron chi connectivity index (χ1n) is 6.90. The lowest BCUT2D eigenvalue weighted by Crippen LogP contribution is -2.43. The van der Waals surface area contributed by atoms with Gasteiger partial charge in [0.2, 0.25) is 0 Å². The summed E-state index contributed by atoms with van der Waals surface area (Å²) in [5.41, 5.74) is 2.38. The fourth-order valence-electron chi connectivity index (χ4n) is 2.67. The summed E-state index contributed by atoms with van der Waals surface area (Å²) in [5, 5.41) is 9.69. The topological polar surface area (TPSA) is 53.4 Å². The molecule has 0 saturated carbocycles. The van der Waals surface area contributed by atoms with E-state index >= 15 is 0 Å². The van der Waals surface area contributed by atoms with Gasteiger partial charge in [0.1, 0.15) is 0 Å². The second kappa shape index (κ2) is 5.70. The second-order valence-electron chi connectivity index (χ2n) is 5.48. The molecule has 1 aliphatic rings. The summed E-state index contributed by atoms with van der Waals surface area (Å²) in [6.45, 7) is 7.01. The van der Waals surface area contributed by atoms with Crippen LogP contribution >= 0.6 is 0 Å². The smallest absolute Gasteiger partial charge is 0.255 e. The number of carbonyl (C=O) groups is 1. The number of carbonyl (C=O) groups excluding carboxylic acids is 1. The van der Waals surface area contributed by atoms with Gasteiger partial charge in [-0.2, -0.15) is 0 Å². The van der Waals surface area contributed by atoms with Crippen molar-refractivity contribution in [2.75, 3.05) is 13.1 Å². The third-order valence-electron chi connectivity index (χ3n) is 3.88. The molecule has 0 spiro atoms. The highest BCUT2D eigenvalue weighted by atomic mass is 16.3. The van der Waals surface area contributed by atoms with Crippen LogP contribution in [0, 0.1) is 19.8 Å². The van der Waals surface area contributed by atoms with Crippen molar-refractivity contribution in [3.8, 4) is 0 Å². The molecule has 0 aromatic carbocycles. The van der Waals surface area contributed by atoms with Crippen molar-refractivity contribution >= 4 is 5.91 Å². The summed E-state index contributed by atoms with van der Waals surface area (Å²) in [5.74, 6) is 0.228. The van der Waals surface area contributed by atoms with Crippen LogP contribution in [0.1, 0.15) is 41.5 Å². The molecular weight excluding hydrogens is 240 g/mol. The predicted molar refractivity (Wildman–Crippen MR) is 74.0 cm³/mol. The van der Waals surface area contributed by atoms with E-state index in [2.05, 4.69) is 4.98 Å². The number of aromatic nitrogens is 1. The van der Waals surface area contributed by atoms with Crippen molar-refractivity contribution < 1.29 is 9.90 Å². The Kier molecular flexibility index (Phi) is 4.20. The van der Waals surface area contributed by atoms with Gasteiger partial charge < -0.3 is 10.0 Å². The van der Waals surface area contributed by atoms with Crippen LogP contribution in [0.2, 0.25) is 0 Å². The third kappa shape index (κ3) is 3.13. The molecule has 2 heterocycles. The predicted octanol–water partition coefficient (Wildman–Crippen LogP) is 1.93. The second-order valence-corrected chi connectivity index (χ2v) is 5.48. The van der Waals surface area contributed by atoms with Crippen LogP contribution in [0.3, 0.4) is 0 Å². The number of likely N-dealkylation sites (tertiary alicyclic amines) is 1. The van der Waals surface area contributed by atoms with Gasteiger partial charge in [-0.15, -0.1) is 0 Å². The van der Waals surface area contributed by atoms with Crippen LogP contribution in [0.15, 0.2) is 12.1 Å². The molecule has 1 aliphatic heterocycles. The quantitative estimate of drug-likeness (QED) is 0.886. The van der Waals surface area contributed by atoms with Crippen LogP contribution in [0.4, 0.5) is 0 Å². The highest BCUT2D eigenvalue weighted by Gasteiger charge is 2.27. The van der Waals surface area contributed by atoms with Gasteiger partial charge in [-0.25, -0.2) is 0 Å². The van der Waals surface area contributed by atoms with E-state index in [-0.39, 0.29) is 17.9 Å². The molecule has 1 amide bonds. The number of aryl methyl sites for hydroxylation is 2. The molecule has 1 saturated heterocycles. The number of aliphatic hydroxyl groups excluding tert-OH is 1. The number of hydrogen-bond donors (Lipinski definition) is 1. The van der Waals surface area contributed by atoms with Crippen LogP contribution < -0.4 is 0 Å². The number of hydrogen-bond acceptors (Lipinski definition) is 3. The average Bonchev–Trinajstić information content (AvgIpc) is 2.38. The Labute approximate surface area is 114 Å². The third-order valence-corrected chi connectivity index (χ3v) is 3.88. The molecule has 4 nitrogen and oxygen atoms in total. The number of aliphatic hydroxyl groups is 1. The molecule has 1 N–H and O–H groups in total. The summed E-state index contributed by atoms with van der Waals surface area (Å²) >= 11 is 0. The lowest BCUT2D eigenvalue weighted by molar-refractivity contribution is 0.0465. The fraction of sp³-hybridized carbons (Fsp3) is 0.600. The molecule has 1 fully saturated rings. The normalized spacial score (nSPS) is 21.3. The van der Waals surface area contributed by atoms with Gasteiger partial charge in [0.25, 0.3) is 5.91 Å². The van der Waals surface area contributed by atoms with Crippen LogP contribution in [0.5, 0.6) is 0 Å². The van der Waals surface area contributed by atoms with Gasteiger partial charge >= 0.3 is 0 Å². The van der Waals surface area contributed by atoms with Crippen molar-refractivity contribution in [1.29, 1.82) is 0 Å². The molecule has 4 heteroatoms. The van der Waals surface area contributed by atoms with E-state index in [9.17, 15) is 9.90 Å². The zero-order valence-corrected chi connectivity index (χ0v) is 11.9. The van der Waals surface area contributed by atoms with Crippen LogP contribution in [-0.2, 0) is 0 Å². The Morgan fingerprint density at radius 3 is 2.84 bits per heavy atom. The van der Waals surface area contributed by atoms with Crippen LogP contribution in [-0.4, -0.2) is 40.1 Å². The number of amides is 1.